The van der Waals surface area contributed by atoms with E-state index in [0.717, 1.165) is 22.6 Å². The molecule has 111 heavy (non-hydrogen) atoms. The first-order valence-electron chi connectivity index (χ1n) is 38.8. The lowest BCUT2D eigenvalue weighted by molar-refractivity contribution is -0.870. The fourth-order valence-corrected chi connectivity index (χ4v) is 14.9. The van der Waals surface area contributed by atoms with Gasteiger partial charge in [0.15, 0.2) is 0 Å². The quantitative estimate of drug-likeness (QED) is 0.0536. The van der Waals surface area contributed by atoms with Gasteiger partial charge in [-0.1, -0.05) is 73.5 Å². The van der Waals surface area contributed by atoms with Crippen LogP contribution < -0.4 is 47.3 Å². The number of nitrogens with zero attached hydrogens (tertiary/aromatic N) is 5. The number of hydrogen-bond donors (Lipinski definition) is 9. The summed E-state index contributed by atoms with van der Waals surface area (Å²) < 4.78 is 41.5. The lowest BCUT2D eigenvalue weighted by Crippen LogP contribution is -2.64. The Kier molecular flexibility index (Phi) is 29.6. The van der Waals surface area contributed by atoms with Crippen molar-refractivity contribution in [3.05, 3.63) is 136 Å². The smallest absolute Gasteiger partial charge is 0.246 e. The minimum absolute atomic E-state index is 0.00371. The molecule has 12 bridgehead atoms. The maximum Gasteiger partial charge on any atom is 0.246 e. The molecule has 9 N–H and O–H groups in total. The minimum atomic E-state index is -1.84. The Morgan fingerprint density at radius 1 is 0.685 bits per heavy atom. The summed E-state index contributed by atoms with van der Waals surface area (Å²) in [5.41, 5.74) is 2.92. The SMILES string of the molecule is COc1ccc(C[C@@H]2NC(=O)[C@H]([C@@H](C)O)NC(=O)[C@@H]3[C@@H]4CCN3C(=O)[C@@H]3Cc5cn(c6ccc(F)cc56)CCCCCCN(Cc5ccc(cc5)CCNC(=O)[C@]5(C)CCCN5C2=O)C(=O)CCCC(=O)N[C@H](CNC(=O)CCOCCOCC[N+](C)(C)C)C(=O)N[C@@H](Cc2cccc(c2)CNC(=O)CO4)C(=O)N3)cc1. The fraction of sp³-hybridized carbons (Fsp3) is 0.543. The number of fused-ring (bicyclic) bond motifs is 16. The van der Waals surface area contributed by atoms with Crippen LogP contribution in [0, 0.1) is 5.82 Å². The number of ether oxygens (including phenoxy) is 4. The first-order valence-corrected chi connectivity index (χ1v) is 38.8. The number of carbonyl (C=O) groups excluding carboxylic acids is 11. The lowest BCUT2D eigenvalue weighted by atomic mass is 9.95. The highest BCUT2D eigenvalue weighted by Crippen LogP contribution is 2.32. The lowest BCUT2D eigenvalue weighted by Gasteiger charge is -2.37. The predicted molar refractivity (Wildman–Crippen MR) is 408 cm³/mol. The zero-order chi connectivity index (χ0) is 79.4. The molecule has 2 saturated heterocycles. The monoisotopic (exact) mass is 1540 g/mol. The average Bonchev–Trinajstić information content (AvgIpc) is 1.69. The molecule has 7 heterocycles. The number of aliphatic hydroxyl groups excluding tert-OH is 1. The van der Waals surface area contributed by atoms with E-state index in [0.29, 0.717) is 108 Å². The van der Waals surface area contributed by atoms with Gasteiger partial charge in [0, 0.05) is 108 Å². The van der Waals surface area contributed by atoms with Crippen LogP contribution >= 0.6 is 0 Å². The van der Waals surface area contributed by atoms with Gasteiger partial charge in [0.2, 0.25) is 65.0 Å². The summed E-state index contributed by atoms with van der Waals surface area (Å²) >= 11 is 0. The highest BCUT2D eigenvalue weighted by atomic mass is 19.1. The molecule has 0 radical (unpaired) electrons. The van der Waals surface area contributed by atoms with E-state index in [1.807, 2.05) is 50.0 Å². The number of hydrogen-bond acceptors (Lipinski definition) is 16. The molecule has 9 atom stereocenters. The molecule has 600 valence electrons. The van der Waals surface area contributed by atoms with Crippen molar-refractivity contribution in [1.29, 1.82) is 0 Å². The van der Waals surface area contributed by atoms with Gasteiger partial charge in [-0.15, -0.1) is 0 Å². The van der Waals surface area contributed by atoms with Crippen molar-refractivity contribution in [3.63, 3.8) is 0 Å². The zero-order valence-corrected chi connectivity index (χ0v) is 64.5. The topological polar surface area (TPSA) is 356 Å². The number of likely N-dealkylation sites (N-methyl/N-ethyl adjacent to an activating group) is 1. The molecule has 4 aromatic carbocycles. The molecule has 29 nitrogen and oxygen atoms in total. The van der Waals surface area contributed by atoms with Gasteiger partial charge in [-0.3, -0.25) is 52.7 Å². The number of halogens is 1. The Balaban J connectivity index is 1.05. The van der Waals surface area contributed by atoms with Gasteiger partial charge in [-0.2, -0.15) is 0 Å². The third-order valence-corrected chi connectivity index (χ3v) is 21.2. The zero-order valence-electron chi connectivity index (χ0n) is 64.5. The molecule has 30 heteroatoms. The second-order valence-electron chi connectivity index (χ2n) is 30.8. The highest BCUT2D eigenvalue weighted by Gasteiger charge is 2.50. The van der Waals surface area contributed by atoms with Crippen LogP contribution in [0.15, 0.2) is 97.2 Å². The fourth-order valence-electron chi connectivity index (χ4n) is 14.9. The molecule has 1 aromatic heterocycles. The number of nitrogens with one attached hydrogen (secondary N) is 8. The summed E-state index contributed by atoms with van der Waals surface area (Å²) in [6, 6.07) is 15.8. The molecule has 6 aliphatic rings. The first-order chi connectivity index (χ1) is 53.2. The van der Waals surface area contributed by atoms with Crippen LogP contribution in [0.25, 0.3) is 10.9 Å². The van der Waals surface area contributed by atoms with Gasteiger partial charge >= 0.3 is 0 Å². The van der Waals surface area contributed by atoms with Crippen LogP contribution in [0.4, 0.5) is 4.39 Å². The molecule has 6 aliphatic heterocycles. The van der Waals surface area contributed by atoms with E-state index in [9.17, 15) is 29.1 Å². The van der Waals surface area contributed by atoms with Gasteiger partial charge in [-0.05, 0) is 123 Å². The van der Waals surface area contributed by atoms with E-state index in [-0.39, 0.29) is 110 Å². The number of benzene rings is 4. The first kappa shape index (κ1) is 83.6. The van der Waals surface area contributed by atoms with Crippen LogP contribution in [-0.2, 0) is 112 Å². The van der Waals surface area contributed by atoms with Gasteiger partial charge in [0.05, 0.1) is 66.9 Å². The summed E-state index contributed by atoms with van der Waals surface area (Å²) in [7, 11) is 7.64. The standard InChI is InChI=1S/C81H108FN13O16/c1-52(96)72-76(103)89-63(43-54-22-25-60(108-6)26-23-54)79(106)94-35-13-31-81(94,2)80(107)83-32-28-53-18-20-55(21-19-53)49-92-34-10-8-7-9-33-91-50-58(61-46-59(82)24-27-66(61)91)45-64-78(105)93-36-29-67(73(93)77(104)90-72)111-51-70(99)84-47-57-15-11-14-56(42-57)44-62(74(101)88-64)87-75(102)65(86-69(98)16-12-17-71(92)100)48-85-68(97)30-38-109-40-41-110-39-37-95(3,4)5/h11,14-15,18-27,42,46,50,52,62-65,67,72-73,96H,7-10,12-13,16-17,28-41,43-45,47-49,51H2,1-6H3,(H7-,83,84,85,86,87,88,89,90,97,98,99,101,102,103,104,107)/p+1/t52-,62+,63+,64+,65-,67+,72+,73+,81+/m1/s1. The van der Waals surface area contributed by atoms with E-state index >= 15 is 33.2 Å². The largest absolute Gasteiger partial charge is 0.497 e. The van der Waals surface area contributed by atoms with E-state index in [2.05, 4.69) is 42.5 Å². The van der Waals surface area contributed by atoms with Crippen molar-refractivity contribution in [3.8, 4) is 5.75 Å². The van der Waals surface area contributed by atoms with Crippen molar-refractivity contribution < 1.29 is 85.7 Å². The molecule has 0 saturated carbocycles. The van der Waals surface area contributed by atoms with Crippen molar-refractivity contribution in [2.24, 2.45) is 0 Å². The Morgan fingerprint density at radius 2 is 1.41 bits per heavy atom. The van der Waals surface area contributed by atoms with Crippen molar-refractivity contribution in [2.75, 3.05) is 101 Å². The molecule has 5 aromatic rings. The van der Waals surface area contributed by atoms with Crippen molar-refractivity contribution in [2.45, 2.75) is 184 Å². The van der Waals surface area contributed by atoms with Crippen molar-refractivity contribution in [1.82, 2.24) is 61.8 Å². The summed E-state index contributed by atoms with van der Waals surface area (Å²) in [5, 5.41) is 34.6. The number of quaternary nitrogens is 1. The molecule has 0 aliphatic carbocycles. The summed E-state index contributed by atoms with van der Waals surface area (Å²) in [5.74, 6) is -7.96. The van der Waals surface area contributed by atoms with Crippen LogP contribution in [0.1, 0.15) is 118 Å². The van der Waals surface area contributed by atoms with E-state index in [1.165, 1.54) is 31.1 Å². The van der Waals surface area contributed by atoms with Crippen LogP contribution in [0.5, 0.6) is 5.75 Å². The predicted octanol–water partition coefficient (Wildman–Crippen LogP) is 2.31. The van der Waals surface area contributed by atoms with E-state index in [4.69, 9.17) is 18.9 Å². The second-order valence-corrected chi connectivity index (χ2v) is 30.8. The number of rotatable bonds is 15. The molecule has 2 fully saturated rings. The summed E-state index contributed by atoms with van der Waals surface area (Å²) in [4.78, 5) is 168. The molecular weight excluding hydrogens is 1430 g/mol. The number of amides is 11. The third-order valence-electron chi connectivity index (χ3n) is 21.2. The minimum Gasteiger partial charge on any atom is -0.497 e. The number of methoxy groups -OCH3 is 1. The van der Waals surface area contributed by atoms with Gasteiger partial charge < -0.3 is 90.3 Å². The summed E-state index contributed by atoms with van der Waals surface area (Å²) in [6.45, 7) is 4.65. The van der Waals surface area contributed by atoms with Gasteiger partial charge in [-0.25, -0.2) is 4.39 Å². The molecule has 0 spiro atoms. The number of aryl methyl sites for hydroxylation is 1. The number of aliphatic hydroxyl groups is 1. The van der Waals surface area contributed by atoms with E-state index in [1.54, 1.807) is 72.6 Å². The maximum absolute atomic E-state index is 16.2. The molecule has 0 unspecified atom stereocenters. The number of aromatic nitrogens is 1. The Bertz CT molecular complexity index is 4110. The van der Waals surface area contributed by atoms with E-state index < -0.39 is 132 Å². The highest BCUT2D eigenvalue weighted by molar-refractivity contribution is 6.00. The van der Waals surface area contributed by atoms with Crippen molar-refractivity contribution >= 4 is 75.9 Å². The third kappa shape index (κ3) is 23.4. The Labute approximate surface area is 647 Å². The van der Waals surface area contributed by atoms with Crippen LogP contribution in [-0.4, -0.2) is 248 Å². The molecule has 11 rings (SSSR count). The Hall–Kier alpha value is -9.88. The normalized spacial score (nSPS) is 24.2. The second kappa shape index (κ2) is 39.3. The van der Waals surface area contributed by atoms with Gasteiger partial charge in [0.25, 0.3) is 0 Å². The molecule has 11 amide bonds. The summed E-state index contributed by atoms with van der Waals surface area (Å²) in [6.07, 6.45) is 1.41. The van der Waals surface area contributed by atoms with Crippen LogP contribution in [0.3, 0.4) is 0 Å². The average molecular weight is 1540 g/mol. The number of carbonyl (C=O) groups is 11. The maximum atomic E-state index is 16.2. The molecular formula is C81H109FN13O16+. The Morgan fingerprint density at radius 3 is 2.16 bits per heavy atom. The van der Waals surface area contributed by atoms with Crippen LogP contribution in [0.2, 0.25) is 0 Å². The van der Waals surface area contributed by atoms with Gasteiger partial charge in [0.1, 0.15) is 66.5 Å².